The lowest BCUT2D eigenvalue weighted by molar-refractivity contribution is 0.119. The molecule has 0 aliphatic heterocycles. The van der Waals surface area contributed by atoms with Crippen molar-refractivity contribution in [2.45, 2.75) is 52.3 Å². The van der Waals surface area contributed by atoms with Crippen LogP contribution in [0.2, 0.25) is 0 Å². The maximum absolute atomic E-state index is 5.33. The Balaban J connectivity index is 0.00000364. The Hall–Kier alpha value is -0.780. The van der Waals surface area contributed by atoms with Crippen molar-refractivity contribution in [1.29, 1.82) is 0 Å². The van der Waals surface area contributed by atoms with Gasteiger partial charge in [-0.2, -0.15) is 0 Å². The van der Waals surface area contributed by atoms with Crippen LogP contribution in [0, 0.1) is 0 Å². The number of aliphatic imine (C=N–C) groups is 1. The predicted octanol–water partition coefficient (Wildman–Crippen LogP) is 4.43. The highest BCUT2D eigenvalue weighted by Gasteiger charge is 2.18. The van der Waals surface area contributed by atoms with Crippen molar-refractivity contribution in [3.63, 3.8) is 0 Å². The molecule has 0 saturated carbocycles. The smallest absolute Gasteiger partial charge is 0.194 e. The summed E-state index contributed by atoms with van der Waals surface area (Å²) < 4.78 is 5.33. The molecule has 0 fully saturated rings. The van der Waals surface area contributed by atoms with E-state index in [1.807, 2.05) is 14.0 Å². The average molecular weight is 524 g/mol. The third-order valence-electron chi connectivity index (χ3n) is 3.86. The molecule has 1 atom stereocenters. The van der Waals surface area contributed by atoms with Gasteiger partial charge < -0.3 is 15.0 Å². The fourth-order valence-corrected chi connectivity index (χ4v) is 4.04. The zero-order valence-electron chi connectivity index (χ0n) is 17.1. The third kappa shape index (κ3) is 6.95. The van der Waals surface area contributed by atoms with Crippen LogP contribution in [-0.4, -0.2) is 42.0 Å². The molecule has 0 aliphatic rings. The molecule has 9 heteroatoms. The molecule has 0 saturated heterocycles. The number of guanidine groups is 1. The molecule has 27 heavy (non-hydrogen) atoms. The summed E-state index contributed by atoms with van der Waals surface area (Å²) in [4.78, 5) is 15.8. The van der Waals surface area contributed by atoms with E-state index in [1.165, 1.54) is 0 Å². The fraction of sp³-hybridized carbons (Fsp3) is 0.611. The molecule has 2 rings (SSSR count). The monoisotopic (exact) mass is 523 g/mol. The molecule has 0 aromatic carbocycles. The van der Waals surface area contributed by atoms with Crippen molar-refractivity contribution in [3.8, 4) is 0 Å². The van der Waals surface area contributed by atoms with E-state index in [9.17, 15) is 0 Å². The molecule has 1 unspecified atom stereocenters. The van der Waals surface area contributed by atoms with Crippen LogP contribution in [-0.2, 0) is 23.2 Å². The van der Waals surface area contributed by atoms with E-state index in [4.69, 9.17) is 9.72 Å². The summed E-state index contributed by atoms with van der Waals surface area (Å²) in [5, 5.41) is 9.72. The number of hydrogen-bond donors (Lipinski definition) is 1. The zero-order chi connectivity index (χ0) is 19.3. The molecule has 152 valence electrons. The molecule has 0 radical (unpaired) electrons. The standard InChI is InChI=1S/C18H29N5OS2.HI/c1-12(24-7)15-21-14(11-25-15)9-23(6)17(19-5)20-8-13-10-26-16(22-13)18(2,3)4;/h10-12H,8-9H2,1-7H3,(H,19,20);1H. The van der Waals surface area contributed by atoms with Crippen molar-refractivity contribution in [2.24, 2.45) is 4.99 Å². The number of methoxy groups -OCH3 is 1. The molecule has 0 aliphatic carbocycles. The molecule has 0 bridgehead atoms. The van der Waals surface area contributed by atoms with Crippen LogP contribution in [0.4, 0.5) is 0 Å². The van der Waals surface area contributed by atoms with Gasteiger partial charge in [-0.15, -0.1) is 46.7 Å². The summed E-state index contributed by atoms with van der Waals surface area (Å²) in [5.41, 5.74) is 2.14. The molecular formula is C18H30IN5OS2. The lowest BCUT2D eigenvalue weighted by Gasteiger charge is -2.21. The van der Waals surface area contributed by atoms with Crippen molar-refractivity contribution in [3.05, 3.63) is 32.2 Å². The average Bonchev–Trinajstić information content (AvgIpc) is 3.23. The molecule has 1 N–H and O–H groups in total. The van der Waals surface area contributed by atoms with Crippen LogP contribution in [0.5, 0.6) is 0 Å². The first kappa shape index (κ1) is 24.3. The second kappa shape index (κ2) is 10.7. The van der Waals surface area contributed by atoms with E-state index in [0.717, 1.165) is 27.4 Å². The molecule has 2 aromatic heterocycles. The van der Waals surface area contributed by atoms with Gasteiger partial charge in [0, 0.05) is 37.4 Å². The Morgan fingerprint density at radius 1 is 1.26 bits per heavy atom. The molecule has 2 aromatic rings. The molecule has 0 spiro atoms. The summed E-state index contributed by atoms with van der Waals surface area (Å²) in [6.45, 7) is 9.91. The van der Waals surface area contributed by atoms with Crippen LogP contribution >= 0.6 is 46.7 Å². The van der Waals surface area contributed by atoms with Gasteiger partial charge in [0.25, 0.3) is 0 Å². The Labute approximate surface area is 187 Å². The van der Waals surface area contributed by atoms with E-state index in [1.54, 1.807) is 36.8 Å². The van der Waals surface area contributed by atoms with E-state index >= 15 is 0 Å². The van der Waals surface area contributed by atoms with Gasteiger partial charge in [-0.05, 0) is 6.92 Å². The van der Waals surface area contributed by atoms with Gasteiger partial charge in [0.15, 0.2) is 5.96 Å². The third-order valence-corrected chi connectivity index (χ3v) is 6.24. The van der Waals surface area contributed by atoms with E-state index in [-0.39, 0.29) is 35.5 Å². The molecule has 6 nitrogen and oxygen atoms in total. The first-order chi connectivity index (χ1) is 12.2. The minimum absolute atomic E-state index is 0. The normalized spacial score (nSPS) is 13.2. The topological polar surface area (TPSA) is 62.6 Å². The fourth-order valence-electron chi connectivity index (χ4n) is 2.29. The minimum Gasteiger partial charge on any atom is -0.375 e. The van der Waals surface area contributed by atoms with E-state index < -0.39 is 0 Å². The first-order valence-electron chi connectivity index (χ1n) is 8.58. The van der Waals surface area contributed by atoms with Crippen LogP contribution in [0.3, 0.4) is 0 Å². The lowest BCUT2D eigenvalue weighted by atomic mass is 9.98. The van der Waals surface area contributed by atoms with Gasteiger partial charge >= 0.3 is 0 Å². The summed E-state index contributed by atoms with van der Waals surface area (Å²) in [6.07, 6.45) is 0.0261. The summed E-state index contributed by atoms with van der Waals surface area (Å²) in [5.74, 6) is 0.824. The van der Waals surface area contributed by atoms with Gasteiger partial charge in [0.1, 0.15) is 11.1 Å². The maximum Gasteiger partial charge on any atom is 0.194 e. The predicted molar refractivity (Wildman–Crippen MR) is 125 cm³/mol. The Kier molecular flexibility index (Phi) is 9.59. The van der Waals surface area contributed by atoms with Gasteiger partial charge in [0.2, 0.25) is 0 Å². The minimum atomic E-state index is 0. The largest absolute Gasteiger partial charge is 0.375 e. The van der Waals surface area contributed by atoms with E-state index in [2.05, 4.69) is 51.7 Å². The van der Waals surface area contributed by atoms with Crippen molar-refractivity contribution in [1.82, 2.24) is 20.2 Å². The maximum atomic E-state index is 5.33. The van der Waals surface area contributed by atoms with Crippen LogP contribution in [0.25, 0.3) is 0 Å². The summed E-state index contributed by atoms with van der Waals surface area (Å²) >= 11 is 3.34. The second-order valence-electron chi connectivity index (χ2n) is 7.21. The Morgan fingerprint density at radius 3 is 2.48 bits per heavy atom. The highest BCUT2D eigenvalue weighted by molar-refractivity contribution is 14.0. The summed E-state index contributed by atoms with van der Waals surface area (Å²) in [6, 6.07) is 0. The molecule has 2 heterocycles. The van der Waals surface area contributed by atoms with Gasteiger partial charge in [-0.3, -0.25) is 4.99 Å². The number of halogens is 1. The first-order valence-corrected chi connectivity index (χ1v) is 10.3. The van der Waals surface area contributed by atoms with Crippen LogP contribution < -0.4 is 5.32 Å². The Bertz CT molecular complexity index is 738. The van der Waals surface area contributed by atoms with Crippen molar-refractivity contribution >= 4 is 52.6 Å². The highest BCUT2D eigenvalue weighted by Crippen LogP contribution is 2.25. The summed E-state index contributed by atoms with van der Waals surface area (Å²) in [7, 11) is 5.50. The van der Waals surface area contributed by atoms with Gasteiger partial charge in [0.05, 0.1) is 29.5 Å². The zero-order valence-corrected chi connectivity index (χ0v) is 21.0. The van der Waals surface area contributed by atoms with E-state index in [0.29, 0.717) is 13.1 Å². The number of ether oxygens (including phenoxy) is 1. The number of aromatic nitrogens is 2. The number of rotatable bonds is 6. The van der Waals surface area contributed by atoms with Crippen molar-refractivity contribution in [2.75, 3.05) is 21.2 Å². The number of hydrogen-bond acceptors (Lipinski definition) is 6. The quantitative estimate of drug-likeness (QED) is 0.345. The number of nitrogens with zero attached hydrogens (tertiary/aromatic N) is 4. The van der Waals surface area contributed by atoms with Crippen molar-refractivity contribution < 1.29 is 4.74 Å². The van der Waals surface area contributed by atoms with Crippen LogP contribution in [0.15, 0.2) is 15.8 Å². The SMILES string of the molecule is CN=C(NCc1csc(C(C)(C)C)n1)N(C)Cc1csc(C(C)OC)n1.I. The Morgan fingerprint density at radius 2 is 1.93 bits per heavy atom. The van der Waals surface area contributed by atoms with Gasteiger partial charge in [-0.25, -0.2) is 9.97 Å². The van der Waals surface area contributed by atoms with Crippen LogP contribution in [0.1, 0.15) is 55.2 Å². The highest BCUT2D eigenvalue weighted by atomic mass is 127. The lowest BCUT2D eigenvalue weighted by Crippen LogP contribution is -2.38. The second-order valence-corrected chi connectivity index (χ2v) is 8.95. The molecule has 0 amide bonds. The number of thiazole rings is 2. The number of nitrogens with one attached hydrogen (secondary N) is 1. The van der Waals surface area contributed by atoms with Gasteiger partial charge in [-0.1, -0.05) is 20.8 Å². The molecular weight excluding hydrogens is 493 g/mol.